The van der Waals surface area contributed by atoms with E-state index in [2.05, 4.69) is 4.74 Å². The minimum absolute atomic E-state index is 0.167. The van der Waals surface area contributed by atoms with Crippen LogP contribution in [0.5, 0.6) is 0 Å². The number of rotatable bonds is 4. The Kier molecular flexibility index (Phi) is 3.80. The Labute approximate surface area is 76.2 Å². The highest BCUT2D eigenvalue weighted by Gasteiger charge is 2.43. The lowest BCUT2D eigenvalue weighted by Gasteiger charge is -2.21. The highest BCUT2D eigenvalue weighted by molar-refractivity contribution is 5.76. The summed E-state index contributed by atoms with van der Waals surface area (Å²) in [5.41, 5.74) is 3.87. The second-order valence-electron chi connectivity index (χ2n) is 3.14. The molecule has 0 rings (SSSR count). The molecule has 6 heteroatoms. The smallest absolute Gasteiger partial charge is 0.330 e. The molecule has 0 heterocycles. The summed E-state index contributed by atoms with van der Waals surface area (Å²) in [6, 6.07) is -1.23. The summed E-state index contributed by atoms with van der Waals surface area (Å²) in [5, 5.41) is 10.5. The number of nitrogens with two attached hydrogens (primary N) is 1. The lowest BCUT2D eigenvalue weighted by Crippen LogP contribution is -2.54. The van der Waals surface area contributed by atoms with Gasteiger partial charge in [-0.2, -0.15) is 0 Å². The topological polar surface area (TPSA) is 95.5 Å². The fourth-order valence-corrected chi connectivity index (χ4v) is 0.634. The van der Waals surface area contributed by atoms with Crippen LogP contribution in [0.3, 0.4) is 0 Å². The minimum Gasteiger partial charge on any atom is -0.465 e. The molecular formula is C7H14N2O4. The molecule has 0 amide bonds. The van der Waals surface area contributed by atoms with Crippen LogP contribution in [0.15, 0.2) is 0 Å². The van der Waals surface area contributed by atoms with Crippen molar-refractivity contribution in [2.75, 3.05) is 6.61 Å². The first kappa shape index (κ1) is 11.8. The second kappa shape index (κ2) is 4.18. The molecular weight excluding hydrogens is 176 g/mol. The molecule has 13 heavy (non-hydrogen) atoms. The van der Waals surface area contributed by atoms with E-state index in [1.165, 1.54) is 13.8 Å². The van der Waals surface area contributed by atoms with E-state index in [4.69, 9.17) is 5.73 Å². The molecule has 0 saturated carbocycles. The maximum absolute atomic E-state index is 11.0. The molecule has 76 valence electrons. The summed E-state index contributed by atoms with van der Waals surface area (Å²) in [5.74, 6) is -0.746. The molecule has 0 aromatic heterocycles. The number of hydrogen-bond acceptors (Lipinski definition) is 5. The lowest BCUT2D eigenvalue weighted by atomic mass is 9.96. The molecule has 0 saturated heterocycles. The van der Waals surface area contributed by atoms with E-state index in [1.807, 2.05) is 0 Å². The Morgan fingerprint density at radius 1 is 1.69 bits per heavy atom. The maximum atomic E-state index is 11.0. The van der Waals surface area contributed by atoms with Crippen molar-refractivity contribution in [3.63, 3.8) is 0 Å². The zero-order valence-electron chi connectivity index (χ0n) is 7.94. The van der Waals surface area contributed by atoms with Gasteiger partial charge in [-0.1, -0.05) is 0 Å². The fourth-order valence-electron chi connectivity index (χ4n) is 0.634. The summed E-state index contributed by atoms with van der Waals surface area (Å²) in [6.07, 6.45) is 0. The average molecular weight is 190 g/mol. The molecule has 0 aliphatic heterocycles. The van der Waals surface area contributed by atoms with E-state index in [9.17, 15) is 14.9 Å². The number of esters is 1. The Balaban J connectivity index is 4.48. The number of ether oxygens (including phenoxy) is 1. The Morgan fingerprint density at radius 2 is 2.15 bits per heavy atom. The van der Waals surface area contributed by atoms with E-state index in [-0.39, 0.29) is 6.61 Å². The minimum atomic E-state index is -1.49. The normalized spacial score (nSPS) is 13.5. The Hall–Kier alpha value is -1.17. The number of hydrogen-bond donors (Lipinski definition) is 1. The van der Waals surface area contributed by atoms with Gasteiger partial charge in [0.05, 0.1) is 6.61 Å². The molecule has 0 aliphatic rings. The van der Waals surface area contributed by atoms with E-state index in [0.29, 0.717) is 0 Å². The maximum Gasteiger partial charge on any atom is 0.330 e. The van der Waals surface area contributed by atoms with Crippen molar-refractivity contribution in [3.8, 4) is 0 Å². The van der Waals surface area contributed by atoms with Crippen molar-refractivity contribution < 1.29 is 14.5 Å². The third kappa shape index (κ3) is 2.66. The van der Waals surface area contributed by atoms with Crippen LogP contribution in [-0.4, -0.2) is 29.1 Å². The van der Waals surface area contributed by atoms with Crippen molar-refractivity contribution in [2.45, 2.75) is 32.4 Å². The number of carbonyl (C=O) groups excluding carboxylic acids is 1. The summed E-state index contributed by atoms with van der Waals surface area (Å²) < 4.78 is 4.57. The van der Waals surface area contributed by atoms with Crippen molar-refractivity contribution in [1.82, 2.24) is 0 Å². The first-order valence-corrected chi connectivity index (χ1v) is 3.90. The van der Waals surface area contributed by atoms with E-state index < -0.39 is 22.5 Å². The van der Waals surface area contributed by atoms with Crippen LogP contribution in [0.2, 0.25) is 0 Å². The van der Waals surface area contributed by atoms with Gasteiger partial charge < -0.3 is 10.5 Å². The van der Waals surface area contributed by atoms with Gasteiger partial charge in [0.25, 0.3) is 0 Å². The van der Waals surface area contributed by atoms with Gasteiger partial charge in [-0.25, -0.2) is 0 Å². The van der Waals surface area contributed by atoms with Crippen LogP contribution < -0.4 is 5.73 Å². The Morgan fingerprint density at radius 3 is 2.46 bits per heavy atom. The molecule has 0 bridgehead atoms. The average Bonchev–Trinajstić information content (AvgIpc) is 2.03. The second-order valence-corrected chi connectivity index (χ2v) is 3.14. The highest BCUT2D eigenvalue weighted by Crippen LogP contribution is 2.12. The third-order valence-electron chi connectivity index (χ3n) is 1.77. The van der Waals surface area contributed by atoms with Gasteiger partial charge in [0, 0.05) is 18.8 Å². The molecule has 0 spiro atoms. The molecule has 0 radical (unpaired) electrons. The van der Waals surface area contributed by atoms with Crippen LogP contribution in [0, 0.1) is 10.1 Å². The standard InChI is InChI=1S/C7H14N2O4/c1-4-13-6(10)5(8)7(2,3)9(11)12/h5H,4,8H2,1-3H3/t5-/m1/s1. The first-order chi connectivity index (χ1) is 5.84. The van der Waals surface area contributed by atoms with Crippen LogP contribution in [0.25, 0.3) is 0 Å². The van der Waals surface area contributed by atoms with E-state index >= 15 is 0 Å². The number of carbonyl (C=O) groups is 1. The van der Waals surface area contributed by atoms with Crippen molar-refractivity contribution in [2.24, 2.45) is 5.73 Å². The van der Waals surface area contributed by atoms with Gasteiger partial charge in [-0.05, 0) is 6.92 Å². The third-order valence-corrected chi connectivity index (χ3v) is 1.77. The molecule has 6 nitrogen and oxygen atoms in total. The molecule has 0 fully saturated rings. The van der Waals surface area contributed by atoms with Gasteiger partial charge in [-0.3, -0.25) is 14.9 Å². The first-order valence-electron chi connectivity index (χ1n) is 3.90. The van der Waals surface area contributed by atoms with E-state index in [1.54, 1.807) is 6.92 Å². The highest BCUT2D eigenvalue weighted by atomic mass is 16.6. The van der Waals surface area contributed by atoms with Gasteiger partial charge in [0.2, 0.25) is 5.54 Å². The molecule has 2 N–H and O–H groups in total. The summed E-state index contributed by atoms with van der Waals surface area (Å²) in [6.45, 7) is 4.35. The molecule has 0 aromatic rings. The monoisotopic (exact) mass is 190 g/mol. The van der Waals surface area contributed by atoms with Crippen LogP contribution in [0.4, 0.5) is 0 Å². The molecule has 0 unspecified atom stereocenters. The van der Waals surface area contributed by atoms with Crippen LogP contribution in [0.1, 0.15) is 20.8 Å². The van der Waals surface area contributed by atoms with Gasteiger partial charge >= 0.3 is 5.97 Å². The summed E-state index contributed by atoms with van der Waals surface area (Å²) in [7, 11) is 0. The van der Waals surface area contributed by atoms with Crippen molar-refractivity contribution in [3.05, 3.63) is 10.1 Å². The number of nitro groups is 1. The SMILES string of the molecule is CCOC(=O)[C@@H](N)C(C)(C)[N+](=O)[O-]. The van der Waals surface area contributed by atoms with Crippen molar-refractivity contribution >= 4 is 5.97 Å². The zero-order valence-corrected chi connectivity index (χ0v) is 7.94. The number of nitrogens with zero attached hydrogens (tertiary/aromatic N) is 1. The summed E-state index contributed by atoms with van der Waals surface area (Å²) >= 11 is 0. The molecule has 0 aliphatic carbocycles. The largest absolute Gasteiger partial charge is 0.465 e. The molecule has 1 atom stereocenters. The predicted molar refractivity (Wildman–Crippen MR) is 45.7 cm³/mol. The van der Waals surface area contributed by atoms with Gasteiger partial charge in [0.15, 0.2) is 6.04 Å². The van der Waals surface area contributed by atoms with Crippen LogP contribution >= 0.6 is 0 Å². The summed E-state index contributed by atoms with van der Waals surface area (Å²) in [4.78, 5) is 20.9. The Bertz CT molecular complexity index is 215. The van der Waals surface area contributed by atoms with Crippen molar-refractivity contribution in [1.29, 1.82) is 0 Å². The zero-order chi connectivity index (χ0) is 10.6. The van der Waals surface area contributed by atoms with Gasteiger partial charge in [0.1, 0.15) is 0 Å². The molecule has 0 aromatic carbocycles. The van der Waals surface area contributed by atoms with Gasteiger partial charge in [-0.15, -0.1) is 0 Å². The quantitative estimate of drug-likeness (QED) is 0.380. The van der Waals surface area contributed by atoms with Crippen LogP contribution in [-0.2, 0) is 9.53 Å². The lowest BCUT2D eigenvalue weighted by molar-refractivity contribution is -0.561. The predicted octanol–water partition coefficient (Wildman–Crippen LogP) is -0.0679. The van der Waals surface area contributed by atoms with E-state index in [0.717, 1.165) is 0 Å². The fraction of sp³-hybridized carbons (Fsp3) is 0.857.